The van der Waals surface area contributed by atoms with Crippen LogP contribution >= 0.6 is 0 Å². The van der Waals surface area contributed by atoms with Crippen LogP contribution in [0.3, 0.4) is 0 Å². The number of rotatable bonds is 6. The maximum Gasteiger partial charge on any atom is 0.337 e. The molecule has 28 heavy (non-hydrogen) atoms. The normalized spacial score (nSPS) is 10.2. The molecule has 1 aromatic heterocycles. The van der Waals surface area contributed by atoms with Gasteiger partial charge in [-0.25, -0.2) is 9.78 Å². The van der Waals surface area contributed by atoms with E-state index in [1.807, 2.05) is 12.1 Å². The standard InChI is InChI=1S/C22H21N3O3/c1-3-15-7-9-17(10-8-15)24-19-11-12-20(23-14-19)21(26)25-18-6-4-5-16(13-18)22(27)28-2/h4-14,24H,3H2,1-2H3,(H,25,26). The smallest absolute Gasteiger partial charge is 0.337 e. The van der Waals surface area contributed by atoms with Crippen molar-refractivity contribution in [3.8, 4) is 0 Å². The third kappa shape index (κ3) is 4.73. The fraction of sp³-hybridized carbons (Fsp3) is 0.136. The van der Waals surface area contributed by atoms with Crippen LogP contribution in [0.2, 0.25) is 0 Å². The van der Waals surface area contributed by atoms with Gasteiger partial charge in [-0.05, 0) is 54.4 Å². The predicted octanol–water partition coefficient (Wildman–Crippen LogP) is 4.43. The Morgan fingerprint density at radius 1 is 0.964 bits per heavy atom. The maximum absolute atomic E-state index is 12.4. The van der Waals surface area contributed by atoms with Gasteiger partial charge in [0.15, 0.2) is 0 Å². The molecule has 2 aromatic carbocycles. The number of benzene rings is 2. The van der Waals surface area contributed by atoms with E-state index in [2.05, 4.69) is 39.4 Å². The van der Waals surface area contributed by atoms with Crippen molar-refractivity contribution in [1.29, 1.82) is 0 Å². The minimum atomic E-state index is -0.461. The first-order valence-corrected chi connectivity index (χ1v) is 8.91. The van der Waals surface area contributed by atoms with Gasteiger partial charge >= 0.3 is 5.97 Å². The number of nitrogens with one attached hydrogen (secondary N) is 2. The van der Waals surface area contributed by atoms with Crippen molar-refractivity contribution < 1.29 is 14.3 Å². The van der Waals surface area contributed by atoms with Crippen molar-refractivity contribution in [2.24, 2.45) is 0 Å². The summed E-state index contributed by atoms with van der Waals surface area (Å²) in [5.41, 5.74) is 4.14. The monoisotopic (exact) mass is 375 g/mol. The van der Waals surface area contributed by atoms with Gasteiger partial charge in [0.25, 0.3) is 5.91 Å². The number of anilines is 3. The average Bonchev–Trinajstić information content (AvgIpc) is 2.74. The van der Waals surface area contributed by atoms with Gasteiger partial charge in [0.2, 0.25) is 0 Å². The number of methoxy groups -OCH3 is 1. The molecule has 0 unspecified atom stereocenters. The van der Waals surface area contributed by atoms with E-state index in [1.54, 1.807) is 42.6 Å². The Morgan fingerprint density at radius 2 is 1.71 bits per heavy atom. The van der Waals surface area contributed by atoms with Crippen LogP contribution in [0, 0.1) is 0 Å². The molecule has 1 amide bonds. The summed E-state index contributed by atoms with van der Waals surface area (Å²) in [6.07, 6.45) is 2.60. The predicted molar refractivity (Wildman–Crippen MR) is 109 cm³/mol. The Labute approximate surface area is 163 Å². The van der Waals surface area contributed by atoms with Crippen molar-refractivity contribution in [3.05, 3.63) is 83.7 Å². The summed E-state index contributed by atoms with van der Waals surface area (Å²) in [6, 6.07) is 18.1. The summed E-state index contributed by atoms with van der Waals surface area (Å²) in [7, 11) is 1.31. The van der Waals surface area contributed by atoms with E-state index >= 15 is 0 Å². The largest absolute Gasteiger partial charge is 0.465 e. The highest BCUT2D eigenvalue weighted by Crippen LogP contribution is 2.18. The number of aromatic nitrogens is 1. The lowest BCUT2D eigenvalue weighted by Gasteiger charge is -2.09. The first kappa shape index (κ1) is 19.1. The summed E-state index contributed by atoms with van der Waals surface area (Å²) in [5.74, 6) is -0.822. The molecular formula is C22H21N3O3. The maximum atomic E-state index is 12.4. The van der Waals surface area contributed by atoms with Gasteiger partial charge in [-0.1, -0.05) is 25.1 Å². The van der Waals surface area contributed by atoms with Crippen LogP contribution < -0.4 is 10.6 Å². The summed E-state index contributed by atoms with van der Waals surface area (Å²) in [4.78, 5) is 28.2. The number of pyridine rings is 1. The van der Waals surface area contributed by atoms with E-state index in [-0.39, 0.29) is 11.6 Å². The van der Waals surface area contributed by atoms with Gasteiger partial charge in [0.05, 0.1) is 24.6 Å². The molecule has 0 atom stereocenters. The molecule has 1 heterocycles. The Balaban J connectivity index is 1.65. The van der Waals surface area contributed by atoms with Gasteiger partial charge in [-0.2, -0.15) is 0 Å². The van der Waals surface area contributed by atoms with E-state index < -0.39 is 5.97 Å². The SMILES string of the molecule is CCc1ccc(Nc2ccc(C(=O)Nc3cccc(C(=O)OC)c3)nc2)cc1. The average molecular weight is 375 g/mol. The first-order chi connectivity index (χ1) is 13.6. The first-order valence-electron chi connectivity index (χ1n) is 8.91. The molecule has 6 heteroatoms. The third-order valence-electron chi connectivity index (χ3n) is 4.19. The number of carbonyl (C=O) groups is 2. The number of esters is 1. The Morgan fingerprint density at radius 3 is 2.36 bits per heavy atom. The van der Waals surface area contributed by atoms with Gasteiger partial charge in [0, 0.05) is 11.4 Å². The van der Waals surface area contributed by atoms with E-state index in [1.165, 1.54) is 12.7 Å². The molecule has 0 aliphatic carbocycles. The van der Waals surface area contributed by atoms with Crippen molar-refractivity contribution in [3.63, 3.8) is 0 Å². The lowest BCUT2D eigenvalue weighted by atomic mass is 10.1. The fourth-order valence-electron chi connectivity index (χ4n) is 2.63. The molecule has 0 fully saturated rings. The van der Waals surface area contributed by atoms with E-state index in [9.17, 15) is 9.59 Å². The number of nitrogens with zero attached hydrogens (tertiary/aromatic N) is 1. The number of amides is 1. The summed E-state index contributed by atoms with van der Waals surface area (Å²) in [6.45, 7) is 2.11. The highest BCUT2D eigenvalue weighted by Gasteiger charge is 2.10. The summed E-state index contributed by atoms with van der Waals surface area (Å²) < 4.78 is 4.68. The molecule has 142 valence electrons. The second-order valence-corrected chi connectivity index (χ2v) is 6.13. The zero-order valence-corrected chi connectivity index (χ0v) is 15.7. The van der Waals surface area contributed by atoms with Crippen LogP contribution in [0.4, 0.5) is 17.1 Å². The molecule has 0 spiro atoms. The van der Waals surface area contributed by atoms with Gasteiger partial charge in [-0.15, -0.1) is 0 Å². The molecule has 0 aliphatic rings. The molecule has 3 aromatic rings. The van der Waals surface area contributed by atoms with E-state index in [4.69, 9.17) is 0 Å². The van der Waals surface area contributed by atoms with Crippen LogP contribution in [0.25, 0.3) is 0 Å². The van der Waals surface area contributed by atoms with Gasteiger partial charge < -0.3 is 15.4 Å². The highest BCUT2D eigenvalue weighted by molar-refractivity contribution is 6.03. The van der Waals surface area contributed by atoms with Gasteiger partial charge in [0.1, 0.15) is 5.69 Å². The Bertz CT molecular complexity index is 967. The highest BCUT2D eigenvalue weighted by atomic mass is 16.5. The van der Waals surface area contributed by atoms with Crippen molar-refractivity contribution in [2.75, 3.05) is 17.7 Å². The second-order valence-electron chi connectivity index (χ2n) is 6.13. The van der Waals surface area contributed by atoms with Crippen LogP contribution in [-0.2, 0) is 11.2 Å². The lowest BCUT2D eigenvalue weighted by Crippen LogP contribution is -2.14. The molecular weight excluding hydrogens is 354 g/mol. The zero-order valence-electron chi connectivity index (χ0n) is 15.7. The minimum absolute atomic E-state index is 0.273. The number of ether oxygens (including phenoxy) is 1. The van der Waals surface area contributed by atoms with Crippen molar-refractivity contribution in [1.82, 2.24) is 4.98 Å². The zero-order chi connectivity index (χ0) is 19.9. The molecule has 0 aliphatic heterocycles. The van der Waals surface area contributed by atoms with Gasteiger partial charge in [-0.3, -0.25) is 4.79 Å². The lowest BCUT2D eigenvalue weighted by molar-refractivity contribution is 0.0600. The number of hydrogen-bond acceptors (Lipinski definition) is 5. The van der Waals surface area contributed by atoms with Crippen LogP contribution in [0.1, 0.15) is 33.3 Å². The molecule has 0 saturated carbocycles. The molecule has 6 nitrogen and oxygen atoms in total. The minimum Gasteiger partial charge on any atom is -0.465 e. The summed E-state index contributed by atoms with van der Waals surface area (Å²) >= 11 is 0. The van der Waals surface area contributed by atoms with E-state index in [0.717, 1.165) is 17.8 Å². The number of aryl methyl sites for hydroxylation is 1. The Kier molecular flexibility index (Phi) is 6.01. The second kappa shape index (κ2) is 8.81. The van der Waals surface area contributed by atoms with Crippen LogP contribution in [-0.4, -0.2) is 24.0 Å². The van der Waals surface area contributed by atoms with Crippen molar-refractivity contribution >= 4 is 28.9 Å². The quantitative estimate of drug-likeness (QED) is 0.623. The molecule has 3 rings (SSSR count). The number of hydrogen-bond donors (Lipinski definition) is 2. The third-order valence-corrected chi connectivity index (χ3v) is 4.19. The van der Waals surface area contributed by atoms with Crippen molar-refractivity contribution in [2.45, 2.75) is 13.3 Å². The van der Waals surface area contributed by atoms with Crippen LogP contribution in [0.15, 0.2) is 66.9 Å². The molecule has 0 bridgehead atoms. The molecule has 2 N–H and O–H groups in total. The summed E-state index contributed by atoms with van der Waals surface area (Å²) in [5, 5.41) is 5.98. The van der Waals surface area contributed by atoms with Crippen LogP contribution in [0.5, 0.6) is 0 Å². The van der Waals surface area contributed by atoms with E-state index in [0.29, 0.717) is 11.3 Å². The number of carbonyl (C=O) groups excluding carboxylic acids is 2. The molecule has 0 radical (unpaired) electrons. The topological polar surface area (TPSA) is 80.3 Å². The molecule has 0 saturated heterocycles. The Hall–Kier alpha value is -3.67. The fourth-order valence-corrected chi connectivity index (χ4v) is 2.63.